The Hall–Kier alpha value is -2.47. The number of amides is 1. The van der Waals surface area contributed by atoms with Crippen molar-refractivity contribution >= 4 is 57.8 Å². The summed E-state index contributed by atoms with van der Waals surface area (Å²) in [7, 11) is 0. The van der Waals surface area contributed by atoms with E-state index in [1.807, 2.05) is 53.4 Å². The van der Waals surface area contributed by atoms with E-state index in [9.17, 15) is 4.79 Å². The number of hydrogen-bond donors (Lipinski definition) is 0. The van der Waals surface area contributed by atoms with Crippen LogP contribution in [0.25, 0.3) is 17.4 Å². The number of halogens is 2. The summed E-state index contributed by atoms with van der Waals surface area (Å²) in [5.41, 5.74) is 1.67. The van der Waals surface area contributed by atoms with E-state index in [0.717, 1.165) is 42.1 Å². The summed E-state index contributed by atoms with van der Waals surface area (Å²) in [5, 5.41) is 1.70. The molecule has 168 valence electrons. The predicted molar refractivity (Wildman–Crippen MR) is 137 cm³/mol. The van der Waals surface area contributed by atoms with Gasteiger partial charge < -0.3 is 4.42 Å². The maximum absolute atomic E-state index is 13.5. The van der Waals surface area contributed by atoms with Gasteiger partial charge in [0.1, 0.15) is 11.5 Å². The third-order valence-electron chi connectivity index (χ3n) is 5.86. The van der Waals surface area contributed by atoms with Crippen LogP contribution >= 0.6 is 35.0 Å². The molecule has 0 spiro atoms. The molecule has 0 unspecified atom stereocenters. The van der Waals surface area contributed by atoms with Crippen LogP contribution in [-0.4, -0.2) is 22.0 Å². The predicted octanol–water partition coefficient (Wildman–Crippen LogP) is 8.19. The van der Waals surface area contributed by atoms with Gasteiger partial charge in [-0.25, -0.2) is 4.99 Å². The van der Waals surface area contributed by atoms with E-state index in [1.54, 1.807) is 18.2 Å². The first-order valence-electron chi connectivity index (χ1n) is 11.0. The molecule has 1 aliphatic carbocycles. The smallest absolute Gasteiger partial charge is 0.267 e. The van der Waals surface area contributed by atoms with Crippen molar-refractivity contribution in [3.05, 3.63) is 81.4 Å². The Labute approximate surface area is 207 Å². The summed E-state index contributed by atoms with van der Waals surface area (Å²) >= 11 is 13.6. The number of para-hydroxylation sites is 1. The van der Waals surface area contributed by atoms with E-state index in [1.165, 1.54) is 18.2 Å². The van der Waals surface area contributed by atoms with Crippen LogP contribution < -0.4 is 0 Å². The molecule has 5 rings (SSSR count). The van der Waals surface area contributed by atoms with Crippen molar-refractivity contribution in [3.63, 3.8) is 0 Å². The minimum absolute atomic E-state index is 0.00549. The van der Waals surface area contributed by atoms with Gasteiger partial charge in [0.05, 0.1) is 20.6 Å². The topological polar surface area (TPSA) is 45.8 Å². The van der Waals surface area contributed by atoms with Crippen LogP contribution in [0.2, 0.25) is 10.0 Å². The SMILES string of the molecule is O=C1C(=Cc2ccc(-c3ccc(Cl)c(Cl)c3)o2)SC(=Nc2ccccc2)N1C1CCCCC1. The fourth-order valence-electron chi connectivity index (χ4n) is 4.20. The molecule has 1 saturated heterocycles. The van der Waals surface area contributed by atoms with Gasteiger partial charge in [-0.05, 0) is 67.1 Å². The highest BCUT2D eigenvalue weighted by atomic mass is 35.5. The van der Waals surface area contributed by atoms with Crippen molar-refractivity contribution in [1.82, 2.24) is 4.90 Å². The molecule has 1 amide bonds. The van der Waals surface area contributed by atoms with Crippen LogP contribution in [0.1, 0.15) is 37.9 Å². The first-order valence-corrected chi connectivity index (χ1v) is 12.6. The number of amidine groups is 1. The molecular formula is C26H22Cl2N2O2S. The summed E-state index contributed by atoms with van der Waals surface area (Å²) in [5.74, 6) is 1.27. The summed E-state index contributed by atoms with van der Waals surface area (Å²) in [6.45, 7) is 0. The van der Waals surface area contributed by atoms with Crippen molar-refractivity contribution in [3.8, 4) is 11.3 Å². The van der Waals surface area contributed by atoms with Crippen molar-refractivity contribution in [2.45, 2.75) is 38.1 Å². The Bertz CT molecular complexity index is 1230. The summed E-state index contributed by atoms with van der Waals surface area (Å²) in [4.78, 5) is 20.8. The highest BCUT2D eigenvalue weighted by molar-refractivity contribution is 8.18. The second-order valence-corrected chi connectivity index (χ2v) is 9.96. The summed E-state index contributed by atoms with van der Waals surface area (Å²) in [6.07, 6.45) is 7.33. The molecule has 4 nitrogen and oxygen atoms in total. The summed E-state index contributed by atoms with van der Waals surface area (Å²) in [6, 6.07) is 19.1. The van der Waals surface area contributed by atoms with E-state index in [0.29, 0.717) is 26.5 Å². The number of carbonyl (C=O) groups is 1. The maximum Gasteiger partial charge on any atom is 0.267 e. The average molecular weight is 497 g/mol. The normalized spacial score (nSPS) is 19.7. The van der Waals surface area contributed by atoms with E-state index >= 15 is 0 Å². The quantitative estimate of drug-likeness (QED) is 0.342. The minimum Gasteiger partial charge on any atom is -0.457 e. The third kappa shape index (κ3) is 4.91. The van der Waals surface area contributed by atoms with Crippen LogP contribution in [0.4, 0.5) is 5.69 Å². The Morgan fingerprint density at radius 3 is 2.52 bits per heavy atom. The summed E-state index contributed by atoms with van der Waals surface area (Å²) < 4.78 is 6.01. The standard InChI is InChI=1S/C26H22Cl2N2O2S/c27-21-13-11-17(15-22(21)28)23-14-12-20(32-23)16-24-25(31)30(19-9-5-2-6-10-19)26(33-24)29-18-7-3-1-4-8-18/h1,3-4,7-8,11-16,19H,2,5-6,9-10H2. The number of aliphatic imine (C=N–C) groups is 1. The molecule has 33 heavy (non-hydrogen) atoms. The highest BCUT2D eigenvalue weighted by Gasteiger charge is 2.38. The molecule has 1 saturated carbocycles. The van der Waals surface area contributed by atoms with Crippen LogP contribution in [0.5, 0.6) is 0 Å². The number of rotatable bonds is 4. The molecule has 3 aromatic rings. The maximum atomic E-state index is 13.5. The molecule has 1 aliphatic heterocycles. The molecule has 0 bridgehead atoms. The zero-order valence-corrected chi connectivity index (χ0v) is 20.2. The van der Waals surface area contributed by atoms with E-state index in [-0.39, 0.29) is 11.9 Å². The van der Waals surface area contributed by atoms with Gasteiger partial charge in [0, 0.05) is 17.7 Å². The Kier molecular flexibility index (Phi) is 6.63. The molecule has 2 aliphatic rings. The third-order valence-corrected chi connectivity index (χ3v) is 7.58. The fraction of sp³-hybridized carbons (Fsp3) is 0.231. The van der Waals surface area contributed by atoms with Crippen molar-refractivity contribution in [2.24, 2.45) is 4.99 Å². The molecule has 7 heteroatoms. The zero-order valence-electron chi connectivity index (χ0n) is 17.8. The van der Waals surface area contributed by atoms with Crippen molar-refractivity contribution < 1.29 is 9.21 Å². The molecule has 2 heterocycles. The first kappa shape index (κ1) is 22.3. The van der Waals surface area contributed by atoms with Crippen molar-refractivity contribution in [2.75, 3.05) is 0 Å². The van der Waals surface area contributed by atoms with Gasteiger partial charge in [-0.1, -0.05) is 60.7 Å². The lowest BCUT2D eigenvalue weighted by molar-refractivity contribution is -0.124. The van der Waals surface area contributed by atoms with Gasteiger partial charge >= 0.3 is 0 Å². The monoisotopic (exact) mass is 496 g/mol. The number of nitrogens with zero attached hydrogens (tertiary/aromatic N) is 2. The van der Waals surface area contributed by atoms with Gasteiger partial charge in [0.25, 0.3) is 5.91 Å². The Morgan fingerprint density at radius 2 is 1.76 bits per heavy atom. The van der Waals surface area contributed by atoms with E-state index in [2.05, 4.69) is 0 Å². The number of carbonyl (C=O) groups excluding carboxylic acids is 1. The Morgan fingerprint density at radius 1 is 0.970 bits per heavy atom. The van der Waals surface area contributed by atoms with Gasteiger partial charge in [-0.3, -0.25) is 9.69 Å². The number of benzene rings is 2. The lowest BCUT2D eigenvalue weighted by atomic mass is 9.94. The van der Waals surface area contributed by atoms with E-state index in [4.69, 9.17) is 32.6 Å². The number of furan rings is 1. The molecular weight excluding hydrogens is 475 g/mol. The van der Waals surface area contributed by atoms with Crippen molar-refractivity contribution in [1.29, 1.82) is 0 Å². The fourth-order valence-corrected chi connectivity index (χ4v) is 5.54. The molecule has 0 N–H and O–H groups in total. The largest absolute Gasteiger partial charge is 0.457 e. The van der Waals surface area contributed by atoms with Crippen LogP contribution in [0.3, 0.4) is 0 Å². The van der Waals surface area contributed by atoms with Gasteiger partial charge in [-0.2, -0.15) is 0 Å². The molecule has 2 fully saturated rings. The lowest BCUT2D eigenvalue weighted by Gasteiger charge is -2.30. The first-order chi connectivity index (χ1) is 16.1. The molecule has 1 aromatic heterocycles. The molecule has 0 atom stereocenters. The lowest BCUT2D eigenvalue weighted by Crippen LogP contribution is -2.40. The van der Waals surface area contributed by atoms with Crippen LogP contribution in [0.15, 0.2) is 75.0 Å². The average Bonchev–Trinajstić information content (AvgIpc) is 3.42. The zero-order chi connectivity index (χ0) is 22.8. The number of thioether (sulfide) groups is 1. The van der Waals surface area contributed by atoms with Gasteiger partial charge in [0.2, 0.25) is 0 Å². The van der Waals surface area contributed by atoms with E-state index < -0.39 is 0 Å². The molecule has 0 radical (unpaired) electrons. The van der Waals surface area contributed by atoms with Gasteiger partial charge in [-0.15, -0.1) is 0 Å². The number of hydrogen-bond acceptors (Lipinski definition) is 4. The second-order valence-electron chi connectivity index (χ2n) is 8.14. The van der Waals surface area contributed by atoms with Gasteiger partial charge in [0.15, 0.2) is 5.17 Å². The minimum atomic E-state index is -0.00549. The van der Waals surface area contributed by atoms with Crippen LogP contribution in [-0.2, 0) is 4.79 Å². The molecule has 2 aromatic carbocycles. The Balaban J connectivity index is 1.45. The highest BCUT2D eigenvalue weighted by Crippen LogP contribution is 2.39. The van der Waals surface area contributed by atoms with Crippen LogP contribution in [0, 0.1) is 0 Å². The second kappa shape index (κ2) is 9.80.